The Morgan fingerprint density at radius 2 is 1.86 bits per heavy atom. The highest BCUT2D eigenvalue weighted by Crippen LogP contribution is 2.65. The van der Waals surface area contributed by atoms with Gasteiger partial charge in [0, 0.05) is 25.4 Å². The van der Waals surface area contributed by atoms with Crippen LogP contribution in [0.1, 0.15) is 57.1 Å². The first kappa shape index (κ1) is 27.3. The molecule has 1 aromatic rings. The highest BCUT2D eigenvalue weighted by molar-refractivity contribution is 6.05. The standard InChI is InChI=1S/C29H40N2O6/c1-6-14-30(23-18(2)12-11-13-19(23)3)26(34)24-29-17-20(4)28(5,37-29)22(27(35)36)21(29)25(33)31(24)15-9-7-8-10-16-32/h6,11-13,20-22,24,32H,1,7-10,14-17H2,2-5H3,(H,35,36)/t20?,21-,22-,24?,28+,29?/m0/s1. The van der Waals surface area contributed by atoms with Gasteiger partial charge in [-0.2, -0.15) is 0 Å². The van der Waals surface area contributed by atoms with Crippen molar-refractivity contribution in [2.75, 3.05) is 24.6 Å². The summed E-state index contributed by atoms with van der Waals surface area (Å²) < 4.78 is 6.61. The first-order chi connectivity index (χ1) is 17.5. The summed E-state index contributed by atoms with van der Waals surface area (Å²) in [5, 5.41) is 19.3. The van der Waals surface area contributed by atoms with Crippen molar-refractivity contribution in [2.45, 2.75) is 77.0 Å². The largest absolute Gasteiger partial charge is 0.481 e. The van der Waals surface area contributed by atoms with Crippen molar-refractivity contribution in [2.24, 2.45) is 17.8 Å². The van der Waals surface area contributed by atoms with Gasteiger partial charge in [0.05, 0.1) is 11.5 Å². The van der Waals surface area contributed by atoms with E-state index in [0.717, 1.165) is 29.7 Å². The quantitative estimate of drug-likeness (QED) is 0.347. The molecule has 202 valence electrons. The van der Waals surface area contributed by atoms with Gasteiger partial charge in [0.15, 0.2) is 0 Å². The van der Waals surface area contributed by atoms with Gasteiger partial charge < -0.3 is 24.7 Å². The predicted molar refractivity (Wildman–Crippen MR) is 140 cm³/mol. The number of aliphatic hydroxyl groups is 1. The Balaban J connectivity index is 1.79. The number of carbonyl (C=O) groups is 3. The van der Waals surface area contributed by atoms with Crippen LogP contribution in [0.5, 0.6) is 0 Å². The minimum absolute atomic E-state index is 0.117. The minimum atomic E-state index is -1.19. The molecule has 0 aromatic heterocycles. The number of para-hydroxylation sites is 1. The van der Waals surface area contributed by atoms with E-state index in [9.17, 15) is 19.5 Å². The number of carbonyl (C=O) groups excluding carboxylic acids is 2. The van der Waals surface area contributed by atoms with Crippen LogP contribution in [-0.2, 0) is 19.1 Å². The highest BCUT2D eigenvalue weighted by atomic mass is 16.5. The van der Waals surface area contributed by atoms with Gasteiger partial charge in [-0.3, -0.25) is 14.4 Å². The van der Waals surface area contributed by atoms with Crippen molar-refractivity contribution in [3.63, 3.8) is 0 Å². The maximum atomic E-state index is 14.6. The Labute approximate surface area is 219 Å². The fraction of sp³-hybridized carbons (Fsp3) is 0.621. The van der Waals surface area contributed by atoms with E-state index in [2.05, 4.69) is 6.58 Å². The second-order valence-corrected chi connectivity index (χ2v) is 11.2. The van der Waals surface area contributed by atoms with Gasteiger partial charge in [-0.15, -0.1) is 6.58 Å². The number of carboxylic acids is 1. The van der Waals surface area contributed by atoms with Gasteiger partial charge in [-0.1, -0.05) is 44.0 Å². The number of benzene rings is 1. The average molecular weight is 513 g/mol. The maximum Gasteiger partial charge on any atom is 0.310 e. The van der Waals surface area contributed by atoms with Gasteiger partial charge in [0.2, 0.25) is 5.91 Å². The lowest BCUT2D eigenvalue weighted by molar-refractivity contribution is -0.156. The molecule has 0 aliphatic carbocycles. The molecule has 1 aromatic carbocycles. The summed E-state index contributed by atoms with van der Waals surface area (Å²) in [6, 6.07) is 4.92. The lowest BCUT2D eigenvalue weighted by Crippen LogP contribution is -2.57. The molecule has 8 nitrogen and oxygen atoms in total. The number of hydrogen-bond acceptors (Lipinski definition) is 5. The average Bonchev–Trinajstić information content (AvgIpc) is 3.34. The molecule has 0 saturated carbocycles. The summed E-state index contributed by atoms with van der Waals surface area (Å²) in [6.07, 6.45) is 5.09. The van der Waals surface area contributed by atoms with E-state index >= 15 is 0 Å². The monoisotopic (exact) mass is 512 g/mol. The van der Waals surface area contributed by atoms with Gasteiger partial charge in [0.25, 0.3) is 5.91 Å². The molecule has 3 fully saturated rings. The van der Waals surface area contributed by atoms with Crippen LogP contribution in [0.3, 0.4) is 0 Å². The molecule has 2 amide bonds. The minimum Gasteiger partial charge on any atom is -0.481 e. The van der Waals surface area contributed by atoms with E-state index in [4.69, 9.17) is 9.84 Å². The summed E-state index contributed by atoms with van der Waals surface area (Å²) in [5.74, 6) is -3.64. The number of hydrogen-bond donors (Lipinski definition) is 2. The second-order valence-electron chi connectivity index (χ2n) is 11.2. The highest BCUT2D eigenvalue weighted by Gasteiger charge is 2.80. The third-order valence-electron chi connectivity index (χ3n) is 8.91. The molecule has 3 saturated heterocycles. The number of fused-ring (bicyclic) bond motifs is 1. The molecule has 0 radical (unpaired) electrons. The van der Waals surface area contributed by atoms with E-state index in [0.29, 0.717) is 25.8 Å². The summed E-state index contributed by atoms with van der Waals surface area (Å²) in [5.41, 5.74) is 0.449. The van der Waals surface area contributed by atoms with Crippen LogP contribution < -0.4 is 4.90 Å². The zero-order valence-corrected chi connectivity index (χ0v) is 22.4. The van der Waals surface area contributed by atoms with E-state index in [1.807, 2.05) is 39.0 Å². The molecule has 2 bridgehead atoms. The zero-order chi connectivity index (χ0) is 27.1. The SMILES string of the molecule is C=CCN(C(=O)C1N(CCCCCCO)C(=O)[C@@H]2[C@@H](C(=O)O)[C@]3(C)OC12CC3C)c1c(C)cccc1C. The second kappa shape index (κ2) is 10.2. The number of ether oxygens (including phenoxy) is 1. The van der Waals surface area contributed by atoms with Crippen molar-refractivity contribution in [1.29, 1.82) is 0 Å². The number of nitrogens with zero attached hydrogens (tertiary/aromatic N) is 2. The van der Waals surface area contributed by atoms with Crippen LogP contribution in [0.15, 0.2) is 30.9 Å². The third-order valence-corrected chi connectivity index (χ3v) is 8.91. The van der Waals surface area contributed by atoms with Gasteiger partial charge in [-0.25, -0.2) is 0 Å². The molecule has 3 heterocycles. The number of aryl methyl sites for hydroxylation is 2. The normalized spacial score (nSPS) is 32.0. The molecule has 3 unspecified atom stereocenters. The maximum absolute atomic E-state index is 14.6. The molecule has 1 spiro atoms. The number of anilines is 1. The Morgan fingerprint density at radius 1 is 1.22 bits per heavy atom. The summed E-state index contributed by atoms with van der Waals surface area (Å²) in [4.78, 5) is 44.3. The number of carboxylic acid groups (broad SMARTS) is 1. The lowest BCUT2D eigenvalue weighted by Gasteiger charge is -2.38. The van der Waals surface area contributed by atoms with Crippen molar-refractivity contribution < 1.29 is 29.3 Å². The van der Waals surface area contributed by atoms with Crippen molar-refractivity contribution in [3.8, 4) is 0 Å². The van der Waals surface area contributed by atoms with E-state index < -0.39 is 35.0 Å². The first-order valence-electron chi connectivity index (χ1n) is 13.4. The molecular formula is C29H40N2O6. The van der Waals surface area contributed by atoms with Crippen LogP contribution in [0.25, 0.3) is 0 Å². The summed E-state index contributed by atoms with van der Waals surface area (Å²) in [6.45, 7) is 12.2. The van der Waals surface area contributed by atoms with Gasteiger partial charge >= 0.3 is 5.97 Å². The van der Waals surface area contributed by atoms with Crippen molar-refractivity contribution in [1.82, 2.24) is 4.90 Å². The van der Waals surface area contributed by atoms with Crippen LogP contribution in [0, 0.1) is 31.6 Å². The Bertz CT molecular complexity index is 1070. The third kappa shape index (κ3) is 4.18. The number of amides is 2. The Morgan fingerprint density at radius 3 is 2.46 bits per heavy atom. The Hall–Kier alpha value is -2.71. The van der Waals surface area contributed by atoms with E-state index in [1.165, 1.54) is 0 Å². The molecule has 3 aliphatic rings. The number of aliphatic hydroxyl groups excluding tert-OH is 1. The predicted octanol–water partition coefficient (Wildman–Crippen LogP) is 3.47. The zero-order valence-electron chi connectivity index (χ0n) is 22.4. The topological polar surface area (TPSA) is 107 Å². The molecule has 37 heavy (non-hydrogen) atoms. The van der Waals surface area contributed by atoms with Gasteiger partial charge in [-0.05, 0) is 57.1 Å². The van der Waals surface area contributed by atoms with E-state index in [-0.39, 0.29) is 30.9 Å². The molecule has 3 aliphatic heterocycles. The van der Waals surface area contributed by atoms with Crippen LogP contribution in [0.4, 0.5) is 5.69 Å². The molecule has 6 atom stereocenters. The smallest absolute Gasteiger partial charge is 0.310 e. The number of rotatable bonds is 11. The molecular weight excluding hydrogens is 472 g/mol. The van der Waals surface area contributed by atoms with Crippen molar-refractivity contribution >= 4 is 23.5 Å². The number of unbranched alkanes of at least 4 members (excludes halogenated alkanes) is 3. The molecule has 8 heteroatoms. The lowest BCUT2D eigenvalue weighted by atomic mass is 9.62. The summed E-state index contributed by atoms with van der Waals surface area (Å²) in [7, 11) is 0. The number of aliphatic carboxylic acids is 1. The van der Waals surface area contributed by atoms with Gasteiger partial charge in [0.1, 0.15) is 17.6 Å². The molecule has 4 rings (SSSR count). The van der Waals surface area contributed by atoms with Crippen LogP contribution in [0.2, 0.25) is 0 Å². The molecule has 2 N–H and O–H groups in total. The van der Waals surface area contributed by atoms with Crippen LogP contribution >= 0.6 is 0 Å². The van der Waals surface area contributed by atoms with Crippen LogP contribution in [-0.4, -0.2) is 69.8 Å². The Kier molecular flexibility index (Phi) is 7.55. The fourth-order valence-corrected chi connectivity index (χ4v) is 7.18. The number of likely N-dealkylation sites (tertiary alicyclic amines) is 1. The first-order valence-corrected chi connectivity index (χ1v) is 13.4. The van der Waals surface area contributed by atoms with E-state index in [1.54, 1.807) is 22.8 Å². The summed E-state index contributed by atoms with van der Waals surface area (Å²) >= 11 is 0. The fourth-order valence-electron chi connectivity index (χ4n) is 7.18. The van der Waals surface area contributed by atoms with Crippen molar-refractivity contribution in [3.05, 3.63) is 42.0 Å².